The van der Waals surface area contributed by atoms with Crippen molar-refractivity contribution in [2.45, 2.75) is 13.0 Å². The van der Waals surface area contributed by atoms with Crippen LogP contribution in [0.4, 0.5) is 0 Å². The quantitative estimate of drug-likeness (QED) is 0.807. The number of amides is 1. The number of rotatable bonds is 7. The van der Waals surface area contributed by atoms with Crippen molar-refractivity contribution in [3.05, 3.63) is 60.2 Å². The Hall–Kier alpha value is -2.24. The number of nitrogens with two attached hydrogens (primary N) is 1. The second-order valence-electron chi connectivity index (χ2n) is 6.24. The molecule has 0 bridgehead atoms. The van der Waals surface area contributed by atoms with Crippen molar-refractivity contribution in [2.24, 2.45) is 11.7 Å². The highest BCUT2D eigenvalue weighted by Crippen LogP contribution is 2.27. The van der Waals surface area contributed by atoms with Gasteiger partial charge >= 0.3 is 0 Å². The van der Waals surface area contributed by atoms with Crippen LogP contribution in [0.3, 0.4) is 0 Å². The Morgan fingerprint density at radius 3 is 2.35 bits per heavy atom. The molecule has 1 saturated heterocycles. The number of carbonyl (C=O) groups is 1. The summed E-state index contributed by atoms with van der Waals surface area (Å²) in [5, 5.41) is 0. The number of hydrogen-bond donors (Lipinski definition) is 1. The smallest absolute Gasteiger partial charge is 0.260 e. The van der Waals surface area contributed by atoms with Crippen LogP contribution in [0.15, 0.2) is 54.6 Å². The van der Waals surface area contributed by atoms with Gasteiger partial charge in [-0.25, -0.2) is 0 Å². The van der Waals surface area contributed by atoms with Gasteiger partial charge in [-0.15, -0.1) is 12.4 Å². The van der Waals surface area contributed by atoms with Crippen LogP contribution >= 0.6 is 12.4 Å². The predicted molar refractivity (Wildman–Crippen MR) is 104 cm³/mol. The Labute approximate surface area is 160 Å². The van der Waals surface area contributed by atoms with Gasteiger partial charge in [-0.1, -0.05) is 42.5 Å². The molecule has 1 aliphatic heterocycles. The van der Waals surface area contributed by atoms with Gasteiger partial charge in [0.15, 0.2) is 18.1 Å². The van der Waals surface area contributed by atoms with Gasteiger partial charge in [0.25, 0.3) is 5.91 Å². The lowest BCUT2D eigenvalue weighted by Gasteiger charge is -2.17. The second kappa shape index (κ2) is 10.0. The molecule has 1 heterocycles. The Bertz CT molecular complexity index is 696. The van der Waals surface area contributed by atoms with Crippen molar-refractivity contribution in [3.8, 4) is 11.5 Å². The molecule has 2 aromatic rings. The monoisotopic (exact) mass is 376 g/mol. The molecule has 1 atom stereocenters. The van der Waals surface area contributed by atoms with Crippen molar-refractivity contribution in [1.29, 1.82) is 0 Å². The lowest BCUT2D eigenvalue weighted by atomic mass is 10.1. The molecule has 0 aliphatic carbocycles. The van der Waals surface area contributed by atoms with Crippen molar-refractivity contribution in [3.63, 3.8) is 0 Å². The molecule has 1 aliphatic rings. The van der Waals surface area contributed by atoms with Crippen molar-refractivity contribution in [2.75, 3.05) is 26.2 Å². The number of nitrogens with zero attached hydrogens (tertiary/aromatic N) is 1. The summed E-state index contributed by atoms with van der Waals surface area (Å²) in [5.41, 5.74) is 6.76. The summed E-state index contributed by atoms with van der Waals surface area (Å²) in [7, 11) is 0. The Kier molecular flexibility index (Phi) is 7.75. The molecule has 1 unspecified atom stereocenters. The topological polar surface area (TPSA) is 64.8 Å². The average molecular weight is 377 g/mol. The van der Waals surface area contributed by atoms with Gasteiger partial charge in [-0.2, -0.15) is 0 Å². The predicted octanol–water partition coefficient (Wildman–Crippen LogP) is 2.87. The van der Waals surface area contributed by atoms with Gasteiger partial charge in [0.2, 0.25) is 0 Å². The lowest BCUT2D eigenvalue weighted by Crippen LogP contribution is -2.33. The Morgan fingerprint density at radius 1 is 1.04 bits per heavy atom. The number of para-hydroxylation sites is 2. The van der Waals surface area contributed by atoms with E-state index in [4.69, 9.17) is 15.2 Å². The maximum atomic E-state index is 12.3. The van der Waals surface area contributed by atoms with Crippen molar-refractivity contribution in [1.82, 2.24) is 4.90 Å². The van der Waals surface area contributed by atoms with E-state index >= 15 is 0 Å². The molecule has 0 spiro atoms. The summed E-state index contributed by atoms with van der Waals surface area (Å²) in [6, 6.07) is 17.4. The van der Waals surface area contributed by atoms with Gasteiger partial charge in [0.05, 0.1) is 0 Å². The minimum atomic E-state index is -0.00573. The van der Waals surface area contributed by atoms with Crippen molar-refractivity contribution < 1.29 is 14.3 Å². The molecule has 6 heteroatoms. The summed E-state index contributed by atoms with van der Waals surface area (Å²) < 4.78 is 11.6. The first-order valence-electron chi connectivity index (χ1n) is 8.62. The second-order valence-corrected chi connectivity index (χ2v) is 6.24. The number of carbonyl (C=O) groups excluding carboxylic acids is 1. The van der Waals surface area contributed by atoms with Gasteiger partial charge in [0.1, 0.15) is 6.61 Å². The van der Waals surface area contributed by atoms with Gasteiger partial charge in [-0.05, 0) is 36.6 Å². The largest absolute Gasteiger partial charge is 0.485 e. The van der Waals surface area contributed by atoms with Crippen LogP contribution in [0.25, 0.3) is 0 Å². The zero-order chi connectivity index (χ0) is 17.5. The summed E-state index contributed by atoms with van der Waals surface area (Å²) in [6.45, 7) is 2.59. The highest BCUT2D eigenvalue weighted by molar-refractivity contribution is 5.85. The summed E-state index contributed by atoms with van der Waals surface area (Å²) >= 11 is 0. The van der Waals surface area contributed by atoms with Crippen molar-refractivity contribution >= 4 is 18.3 Å². The highest BCUT2D eigenvalue weighted by Gasteiger charge is 2.25. The molecule has 5 nitrogen and oxygen atoms in total. The first-order valence-corrected chi connectivity index (χ1v) is 8.62. The van der Waals surface area contributed by atoms with Crippen LogP contribution in [-0.2, 0) is 11.4 Å². The highest BCUT2D eigenvalue weighted by atomic mass is 35.5. The maximum absolute atomic E-state index is 12.3. The fourth-order valence-corrected chi connectivity index (χ4v) is 2.91. The average Bonchev–Trinajstić information content (AvgIpc) is 3.15. The first kappa shape index (κ1) is 20.1. The van der Waals surface area contributed by atoms with Gasteiger partial charge in [0, 0.05) is 13.1 Å². The van der Waals surface area contributed by atoms with Gasteiger partial charge in [-0.3, -0.25) is 4.79 Å². The van der Waals surface area contributed by atoms with Crippen LogP contribution in [0.1, 0.15) is 12.0 Å². The third kappa shape index (κ3) is 5.38. The zero-order valence-electron chi connectivity index (χ0n) is 14.7. The minimum absolute atomic E-state index is 0. The number of ether oxygens (including phenoxy) is 2. The van der Waals surface area contributed by atoms with Crippen LogP contribution in [-0.4, -0.2) is 37.0 Å². The minimum Gasteiger partial charge on any atom is -0.485 e. The number of likely N-dealkylation sites (tertiary alicyclic amines) is 1. The molecular weight excluding hydrogens is 352 g/mol. The van der Waals surface area contributed by atoms with Gasteiger partial charge < -0.3 is 20.1 Å². The van der Waals surface area contributed by atoms with E-state index < -0.39 is 0 Å². The van der Waals surface area contributed by atoms with E-state index in [0.717, 1.165) is 25.1 Å². The SMILES string of the molecule is Cl.NCC1CCN(C(=O)COc2ccccc2OCc2ccccc2)C1. The molecule has 1 fully saturated rings. The van der Waals surface area contributed by atoms with E-state index in [1.807, 2.05) is 59.5 Å². The third-order valence-electron chi connectivity index (χ3n) is 4.41. The molecule has 3 rings (SSSR count). The van der Waals surface area contributed by atoms with Crippen LogP contribution in [0.2, 0.25) is 0 Å². The molecule has 2 N–H and O–H groups in total. The molecule has 0 radical (unpaired) electrons. The normalized spacial score (nSPS) is 16.0. The van der Waals surface area contributed by atoms with E-state index in [2.05, 4.69) is 0 Å². The Morgan fingerprint density at radius 2 is 1.69 bits per heavy atom. The summed E-state index contributed by atoms with van der Waals surface area (Å²) in [4.78, 5) is 14.1. The maximum Gasteiger partial charge on any atom is 0.260 e. The molecule has 2 aromatic carbocycles. The molecule has 0 saturated carbocycles. The number of halogens is 1. The van der Waals surface area contributed by atoms with E-state index in [1.54, 1.807) is 0 Å². The Balaban J connectivity index is 0.00000243. The first-order chi connectivity index (χ1) is 12.3. The van der Waals surface area contributed by atoms with E-state index in [0.29, 0.717) is 30.6 Å². The molecular formula is C20H25ClN2O3. The fourth-order valence-electron chi connectivity index (χ4n) is 2.91. The van der Waals surface area contributed by atoms with Crippen LogP contribution in [0.5, 0.6) is 11.5 Å². The van der Waals surface area contributed by atoms with E-state index in [1.165, 1.54) is 0 Å². The molecule has 26 heavy (non-hydrogen) atoms. The molecule has 140 valence electrons. The molecule has 0 aromatic heterocycles. The lowest BCUT2D eigenvalue weighted by molar-refractivity contribution is -0.132. The summed E-state index contributed by atoms with van der Waals surface area (Å²) in [6.07, 6.45) is 0.971. The van der Waals surface area contributed by atoms with E-state index in [9.17, 15) is 4.79 Å². The molecule has 1 amide bonds. The number of hydrogen-bond acceptors (Lipinski definition) is 4. The van der Waals surface area contributed by atoms with Crippen LogP contribution < -0.4 is 15.2 Å². The third-order valence-corrected chi connectivity index (χ3v) is 4.41. The standard InChI is InChI=1S/C20H24N2O3.ClH/c21-12-17-10-11-22(13-17)20(23)15-25-19-9-5-4-8-18(19)24-14-16-6-2-1-3-7-16;/h1-9,17H,10-15,21H2;1H. The van der Waals surface area contributed by atoms with E-state index in [-0.39, 0.29) is 24.9 Å². The van der Waals surface area contributed by atoms with Crippen LogP contribution in [0, 0.1) is 5.92 Å². The zero-order valence-corrected chi connectivity index (χ0v) is 15.5. The fraction of sp³-hybridized carbons (Fsp3) is 0.350. The number of benzene rings is 2. The summed E-state index contributed by atoms with van der Waals surface area (Å²) in [5.74, 6) is 1.63.